The van der Waals surface area contributed by atoms with Crippen LogP contribution < -0.4 is 15.4 Å². The van der Waals surface area contributed by atoms with Gasteiger partial charge in [-0.25, -0.2) is 9.98 Å². The average molecular weight is 387 g/mol. The Labute approximate surface area is 168 Å². The van der Waals surface area contributed by atoms with E-state index in [0.29, 0.717) is 31.5 Å². The summed E-state index contributed by atoms with van der Waals surface area (Å²) in [6.45, 7) is 15.1. The Hall–Kier alpha value is -2.50. The molecule has 0 aliphatic heterocycles. The first-order valence-corrected chi connectivity index (χ1v) is 10.00. The monoisotopic (exact) mass is 386 g/mol. The van der Waals surface area contributed by atoms with Crippen molar-refractivity contribution in [3.05, 3.63) is 47.7 Å². The molecular formula is C22H34N4O2. The second kappa shape index (κ2) is 10.2. The Bertz CT molecular complexity index is 760. The van der Waals surface area contributed by atoms with Gasteiger partial charge in [-0.1, -0.05) is 52.8 Å². The van der Waals surface area contributed by atoms with E-state index in [1.54, 1.807) is 6.20 Å². The topological polar surface area (TPSA) is 71.7 Å². The van der Waals surface area contributed by atoms with Crippen LogP contribution in [-0.2, 0) is 12.0 Å². The molecule has 28 heavy (non-hydrogen) atoms. The smallest absolute Gasteiger partial charge is 0.216 e. The molecule has 0 amide bonds. The minimum atomic E-state index is -0.0542. The summed E-state index contributed by atoms with van der Waals surface area (Å²) in [6, 6.07) is 8.18. The fourth-order valence-corrected chi connectivity index (χ4v) is 2.64. The van der Waals surface area contributed by atoms with Gasteiger partial charge in [-0.05, 0) is 24.5 Å². The lowest BCUT2D eigenvalue weighted by atomic mass is 9.94. The largest absolute Gasteiger partial charge is 0.491 e. The zero-order valence-electron chi connectivity index (χ0n) is 18.0. The van der Waals surface area contributed by atoms with Crippen LogP contribution in [0.15, 0.2) is 39.9 Å². The SMILES string of the molecule is CCNC(=NCc1ncc(C(C)(C)C)o1)NCCOc1ccccc1C(C)C. The van der Waals surface area contributed by atoms with E-state index in [1.165, 1.54) is 5.56 Å². The van der Waals surface area contributed by atoms with Gasteiger partial charge in [0, 0.05) is 12.0 Å². The molecule has 0 aliphatic carbocycles. The predicted octanol–water partition coefficient (Wildman–Crippen LogP) is 4.23. The number of guanidine groups is 1. The van der Waals surface area contributed by atoms with E-state index in [2.05, 4.69) is 61.3 Å². The highest BCUT2D eigenvalue weighted by molar-refractivity contribution is 5.79. The minimum Gasteiger partial charge on any atom is -0.491 e. The summed E-state index contributed by atoms with van der Waals surface area (Å²) in [4.78, 5) is 8.88. The Kier molecular flexibility index (Phi) is 7.91. The van der Waals surface area contributed by atoms with Crippen molar-refractivity contribution in [1.82, 2.24) is 15.6 Å². The lowest BCUT2D eigenvalue weighted by Crippen LogP contribution is -2.39. The molecule has 1 aromatic heterocycles. The molecule has 0 unspecified atom stereocenters. The molecular weight excluding hydrogens is 352 g/mol. The van der Waals surface area contributed by atoms with Gasteiger partial charge in [-0.3, -0.25) is 0 Å². The number of nitrogens with one attached hydrogen (secondary N) is 2. The molecule has 6 nitrogen and oxygen atoms in total. The van der Waals surface area contributed by atoms with Crippen molar-refractivity contribution in [3.8, 4) is 5.75 Å². The molecule has 0 saturated heterocycles. The van der Waals surface area contributed by atoms with Crippen molar-refractivity contribution in [1.29, 1.82) is 0 Å². The van der Waals surface area contributed by atoms with Gasteiger partial charge < -0.3 is 19.8 Å². The van der Waals surface area contributed by atoms with Crippen LogP contribution in [0.4, 0.5) is 0 Å². The molecule has 0 saturated carbocycles. The third-order valence-electron chi connectivity index (χ3n) is 4.20. The molecule has 0 aliphatic rings. The third-order valence-corrected chi connectivity index (χ3v) is 4.20. The number of aromatic nitrogens is 1. The number of nitrogens with zero attached hydrogens (tertiary/aromatic N) is 2. The predicted molar refractivity (Wildman–Crippen MR) is 114 cm³/mol. The molecule has 2 aromatic rings. The fourth-order valence-electron chi connectivity index (χ4n) is 2.64. The molecule has 0 spiro atoms. The van der Waals surface area contributed by atoms with Gasteiger partial charge in [-0.2, -0.15) is 0 Å². The molecule has 1 heterocycles. The Balaban J connectivity index is 1.87. The summed E-state index contributed by atoms with van der Waals surface area (Å²) in [5.41, 5.74) is 1.17. The highest BCUT2D eigenvalue weighted by Gasteiger charge is 2.19. The first kappa shape index (κ1) is 21.8. The van der Waals surface area contributed by atoms with Crippen molar-refractivity contribution < 1.29 is 9.15 Å². The van der Waals surface area contributed by atoms with E-state index in [1.807, 2.05) is 25.1 Å². The number of hydrogen-bond acceptors (Lipinski definition) is 4. The van der Waals surface area contributed by atoms with Crippen LogP contribution >= 0.6 is 0 Å². The fraction of sp³-hybridized carbons (Fsp3) is 0.545. The maximum absolute atomic E-state index is 5.95. The maximum Gasteiger partial charge on any atom is 0.216 e. The minimum absolute atomic E-state index is 0.0542. The number of rotatable bonds is 8. The Morgan fingerprint density at radius 2 is 1.96 bits per heavy atom. The molecule has 0 atom stereocenters. The molecule has 0 fully saturated rings. The molecule has 2 N–H and O–H groups in total. The zero-order valence-corrected chi connectivity index (χ0v) is 18.0. The van der Waals surface area contributed by atoms with E-state index in [4.69, 9.17) is 9.15 Å². The van der Waals surface area contributed by atoms with Crippen LogP contribution in [-0.4, -0.2) is 30.6 Å². The second-order valence-electron chi connectivity index (χ2n) is 8.03. The lowest BCUT2D eigenvalue weighted by molar-refractivity contribution is 0.317. The van der Waals surface area contributed by atoms with Crippen molar-refractivity contribution in [2.24, 2.45) is 4.99 Å². The average Bonchev–Trinajstić information content (AvgIpc) is 3.13. The molecule has 0 bridgehead atoms. The second-order valence-corrected chi connectivity index (χ2v) is 8.03. The van der Waals surface area contributed by atoms with Gasteiger partial charge in [0.15, 0.2) is 5.96 Å². The van der Waals surface area contributed by atoms with Gasteiger partial charge in [-0.15, -0.1) is 0 Å². The van der Waals surface area contributed by atoms with E-state index in [9.17, 15) is 0 Å². The van der Waals surface area contributed by atoms with Crippen LogP contribution in [0.25, 0.3) is 0 Å². The van der Waals surface area contributed by atoms with Crippen LogP contribution in [0.2, 0.25) is 0 Å². The number of benzene rings is 1. The number of hydrogen-bond donors (Lipinski definition) is 2. The van der Waals surface area contributed by atoms with E-state index < -0.39 is 0 Å². The number of oxazole rings is 1. The Morgan fingerprint density at radius 3 is 2.61 bits per heavy atom. The van der Waals surface area contributed by atoms with Crippen LogP contribution in [0, 0.1) is 0 Å². The maximum atomic E-state index is 5.95. The number of para-hydroxylation sites is 1. The zero-order chi connectivity index (χ0) is 20.6. The van der Waals surface area contributed by atoms with Crippen LogP contribution in [0.1, 0.15) is 64.7 Å². The molecule has 154 valence electrons. The summed E-state index contributed by atoms with van der Waals surface area (Å²) >= 11 is 0. The summed E-state index contributed by atoms with van der Waals surface area (Å²) < 4.78 is 11.8. The van der Waals surface area contributed by atoms with E-state index in [-0.39, 0.29) is 5.41 Å². The van der Waals surface area contributed by atoms with Gasteiger partial charge in [0.1, 0.15) is 24.7 Å². The summed E-state index contributed by atoms with van der Waals surface area (Å²) in [5, 5.41) is 6.52. The molecule has 1 aromatic carbocycles. The standard InChI is InChI=1S/C22H34N4O2/c1-7-23-21(26-15-20-25-14-19(28-20)22(4,5)6)24-12-13-27-18-11-9-8-10-17(18)16(2)3/h8-11,14,16H,7,12-13,15H2,1-6H3,(H2,23,24,26). The third kappa shape index (κ3) is 6.59. The van der Waals surface area contributed by atoms with Gasteiger partial charge in [0.05, 0.1) is 12.7 Å². The quantitative estimate of drug-likeness (QED) is 0.404. The first-order chi connectivity index (χ1) is 13.3. The van der Waals surface area contributed by atoms with E-state index in [0.717, 1.165) is 24.0 Å². The van der Waals surface area contributed by atoms with E-state index >= 15 is 0 Å². The highest BCUT2D eigenvalue weighted by atomic mass is 16.5. The van der Waals surface area contributed by atoms with Crippen LogP contribution in [0.3, 0.4) is 0 Å². The molecule has 6 heteroatoms. The Morgan fingerprint density at radius 1 is 1.21 bits per heavy atom. The number of aliphatic imine (C=N–C) groups is 1. The summed E-state index contributed by atoms with van der Waals surface area (Å²) in [5.74, 6) is 3.58. The first-order valence-electron chi connectivity index (χ1n) is 10.00. The number of ether oxygens (including phenoxy) is 1. The van der Waals surface area contributed by atoms with Gasteiger partial charge in [0.25, 0.3) is 0 Å². The summed E-state index contributed by atoms with van der Waals surface area (Å²) in [6.07, 6.45) is 1.78. The van der Waals surface area contributed by atoms with Gasteiger partial charge in [0.2, 0.25) is 5.89 Å². The van der Waals surface area contributed by atoms with Crippen molar-refractivity contribution in [3.63, 3.8) is 0 Å². The molecule has 2 rings (SSSR count). The van der Waals surface area contributed by atoms with Crippen molar-refractivity contribution in [2.45, 2.75) is 59.4 Å². The normalized spacial score (nSPS) is 12.3. The summed E-state index contributed by atoms with van der Waals surface area (Å²) in [7, 11) is 0. The molecule has 0 radical (unpaired) electrons. The van der Waals surface area contributed by atoms with Gasteiger partial charge >= 0.3 is 0 Å². The lowest BCUT2D eigenvalue weighted by Gasteiger charge is -2.15. The van der Waals surface area contributed by atoms with Crippen molar-refractivity contribution in [2.75, 3.05) is 19.7 Å². The van der Waals surface area contributed by atoms with Crippen molar-refractivity contribution >= 4 is 5.96 Å². The highest BCUT2D eigenvalue weighted by Crippen LogP contribution is 2.25. The van der Waals surface area contributed by atoms with Crippen LogP contribution in [0.5, 0.6) is 5.75 Å².